The van der Waals surface area contributed by atoms with Crippen molar-refractivity contribution in [1.29, 1.82) is 0 Å². The van der Waals surface area contributed by atoms with Crippen LogP contribution in [0.25, 0.3) is 0 Å². The van der Waals surface area contributed by atoms with E-state index in [4.69, 9.17) is 5.11 Å². The molecule has 1 fully saturated rings. The maximum Gasteiger partial charge on any atom is 0.320 e. The first-order valence-electron chi connectivity index (χ1n) is 4.70. The fourth-order valence-electron chi connectivity index (χ4n) is 1.96. The largest absolute Gasteiger partial charge is 0.480 e. The highest BCUT2D eigenvalue weighted by Crippen LogP contribution is 2.22. The van der Waals surface area contributed by atoms with Crippen LogP contribution in [-0.2, 0) is 4.79 Å². The summed E-state index contributed by atoms with van der Waals surface area (Å²) in [7, 11) is 0. The monoisotopic (exact) mass is 187 g/mol. The third-order valence-electron chi connectivity index (χ3n) is 2.75. The number of carboxylic acids is 1. The first-order chi connectivity index (χ1) is 6.04. The second-order valence-corrected chi connectivity index (χ2v) is 3.70. The van der Waals surface area contributed by atoms with Crippen molar-refractivity contribution in [3.63, 3.8) is 0 Å². The molecule has 0 radical (unpaired) electrons. The molecule has 0 bridgehead atoms. The summed E-state index contributed by atoms with van der Waals surface area (Å²) in [6.45, 7) is 4.17. The lowest BCUT2D eigenvalue weighted by Gasteiger charge is -2.29. The van der Waals surface area contributed by atoms with Crippen LogP contribution in [0.1, 0.15) is 26.7 Å². The summed E-state index contributed by atoms with van der Waals surface area (Å²) < 4.78 is 0. The summed E-state index contributed by atoms with van der Waals surface area (Å²) in [6, 6.07) is -0.465. The van der Waals surface area contributed by atoms with Crippen molar-refractivity contribution in [3.05, 3.63) is 0 Å². The number of aliphatic hydroxyl groups excluding tert-OH is 1. The molecule has 0 saturated carbocycles. The number of carbonyl (C=O) groups is 1. The van der Waals surface area contributed by atoms with Gasteiger partial charge in [0, 0.05) is 6.04 Å². The van der Waals surface area contributed by atoms with Crippen LogP contribution in [0.5, 0.6) is 0 Å². The van der Waals surface area contributed by atoms with Crippen LogP contribution in [0.3, 0.4) is 0 Å². The molecule has 0 aromatic heterocycles. The van der Waals surface area contributed by atoms with E-state index >= 15 is 0 Å². The first-order valence-corrected chi connectivity index (χ1v) is 4.70. The Balaban J connectivity index is 2.62. The molecule has 0 spiro atoms. The van der Waals surface area contributed by atoms with E-state index in [0.29, 0.717) is 0 Å². The van der Waals surface area contributed by atoms with E-state index in [1.54, 1.807) is 13.8 Å². The fraction of sp³-hybridized carbons (Fsp3) is 0.889. The van der Waals surface area contributed by atoms with Crippen molar-refractivity contribution in [3.8, 4) is 0 Å². The van der Waals surface area contributed by atoms with E-state index < -0.39 is 18.1 Å². The molecule has 0 amide bonds. The van der Waals surface area contributed by atoms with Gasteiger partial charge in [0.25, 0.3) is 0 Å². The molecule has 0 aliphatic carbocycles. The van der Waals surface area contributed by atoms with E-state index in [2.05, 4.69) is 0 Å². The standard InChI is InChI=1S/C9H17NO3/c1-6(9(12)13)10-5-3-4-8(10)7(2)11/h6-8,11H,3-5H2,1-2H3,(H,12,13)/t6-,7-,8-/m0/s1. The van der Waals surface area contributed by atoms with Crippen LogP contribution in [0.4, 0.5) is 0 Å². The lowest BCUT2D eigenvalue weighted by atomic mass is 10.1. The van der Waals surface area contributed by atoms with Gasteiger partial charge in [0.1, 0.15) is 6.04 Å². The Hall–Kier alpha value is -0.610. The average Bonchev–Trinajstić information content (AvgIpc) is 2.50. The molecule has 1 rings (SSSR count). The Kier molecular flexibility index (Phi) is 3.27. The molecule has 0 aromatic carbocycles. The smallest absolute Gasteiger partial charge is 0.320 e. The highest BCUT2D eigenvalue weighted by molar-refractivity contribution is 5.73. The van der Waals surface area contributed by atoms with E-state index in [0.717, 1.165) is 19.4 Å². The summed E-state index contributed by atoms with van der Waals surface area (Å²) >= 11 is 0. The maximum atomic E-state index is 10.7. The number of hydrogen-bond donors (Lipinski definition) is 2. The number of nitrogens with zero attached hydrogens (tertiary/aromatic N) is 1. The van der Waals surface area contributed by atoms with Crippen molar-refractivity contribution < 1.29 is 15.0 Å². The molecule has 2 N–H and O–H groups in total. The van der Waals surface area contributed by atoms with E-state index in [1.165, 1.54) is 0 Å². The summed E-state index contributed by atoms with van der Waals surface area (Å²) in [5.41, 5.74) is 0. The molecule has 1 aliphatic heterocycles. The molecule has 1 aliphatic rings. The highest BCUT2D eigenvalue weighted by Gasteiger charge is 2.34. The van der Waals surface area contributed by atoms with Gasteiger partial charge in [-0.2, -0.15) is 0 Å². The van der Waals surface area contributed by atoms with Crippen LogP contribution >= 0.6 is 0 Å². The van der Waals surface area contributed by atoms with Crippen LogP contribution < -0.4 is 0 Å². The number of aliphatic carboxylic acids is 1. The molecular weight excluding hydrogens is 170 g/mol. The second kappa shape index (κ2) is 4.07. The first kappa shape index (κ1) is 10.5. The molecule has 1 heterocycles. The van der Waals surface area contributed by atoms with Gasteiger partial charge in [-0.05, 0) is 33.2 Å². The number of likely N-dealkylation sites (tertiary alicyclic amines) is 1. The van der Waals surface area contributed by atoms with Crippen molar-refractivity contribution in [1.82, 2.24) is 4.90 Å². The third kappa shape index (κ3) is 2.19. The Labute approximate surface area is 78.2 Å². The predicted octanol–water partition coefficient (Wildman–Crippen LogP) is 0.305. The number of aliphatic hydroxyl groups is 1. The lowest BCUT2D eigenvalue weighted by molar-refractivity contribution is -0.143. The molecule has 0 aromatic rings. The predicted molar refractivity (Wildman–Crippen MR) is 48.5 cm³/mol. The van der Waals surface area contributed by atoms with Gasteiger partial charge in [-0.25, -0.2) is 0 Å². The molecule has 0 unspecified atom stereocenters. The van der Waals surface area contributed by atoms with Crippen LogP contribution in [0.15, 0.2) is 0 Å². The van der Waals surface area contributed by atoms with Gasteiger partial charge in [-0.1, -0.05) is 0 Å². The van der Waals surface area contributed by atoms with E-state index in [1.807, 2.05) is 4.90 Å². The minimum Gasteiger partial charge on any atom is -0.480 e. The van der Waals surface area contributed by atoms with E-state index in [-0.39, 0.29) is 6.04 Å². The summed E-state index contributed by atoms with van der Waals surface area (Å²) in [4.78, 5) is 12.6. The maximum absolute atomic E-state index is 10.7. The average molecular weight is 187 g/mol. The zero-order chi connectivity index (χ0) is 10.0. The minimum atomic E-state index is -0.812. The van der Waals surface area contributed by atoms with Crippen molar-refractivity contribution in [2.24, 2.45) is 0 Å². The molecule has 13 heavy (non-hydrogen) atoms. The number of rotatable bonds is 3. The van der Waals surface area contributed by atoms with Crippen LogP contribution in [0.2, 0.25) is 0 Å². The summed E-state index contributed by atoms with van der Waals surface area (Å²) in [6.07, 6.45) is 1.44. The zero-order valence-corrected chi connectivity index (χ0v) is 8.10. The number of hydrogen-bond acceptors (Lipinski definition) is 3. The van der Waals surface area contributed by atoms with Gasteiger partial charge >= 0.3 is 5.97 Å². The van der Waals surface area contributed by atoms with Crippen molar-refractivity contribution in [2.75, 3.05) is 6.54 Å². The van der Waals surface area contributed by atoms with Gasteiger partial charge in [0.2, 0.25) is 0 Å². The SMILES string of the molecule is C[C@H](O)[C@@H]1CCCN1[C@@H](C)C(=O)O. The molecule has 4 nitrogen and oxygen atoms in total. The molecular formula is C9H17NO3. The van der Waals surface area contributed by atoms with Crippen LogP contribution in [-0.4, -0.2) is 45.8 Å². The zero-order valence-electron chi connectivity index (χ0n) is 8.10. The topological polar surface area (TPSA) is 60.8 Å². The Morgan fingerprint density at radius 3 is 2.62 bits per heavy atom. The summed E-state index contributed by atoms with van der Waals surface area (Å²) in [5, 5.41) is 18.2. The van der Waals surface area contributed by atoms with E-state index in [9.17, 15) is 9.90 Å². The molecule has 3 atom stereocenters. The van der Waals surface area contributed by atoms with Gasteiger partial charge in [-0.3, -0.25) is 9.69 Å². The Bertz CT molecular complexity index is 193. The quantitative estimate of drug-likeness (QED) is 0.667. The highest BCUT2D eigenvalue weighted by atomic mass is 16.4. The van der Waals surface area contributed by atoms with Gasteiger partial charge in [-0.15, -0.1) is 0 Å². The second-order valence-electron chi connectivity index (χ2n) is 3.70. The van der Waals surface area contributed by atoms with Crippen molar-refractivity contribution in [2.45, 2.75) is 44.9 Å². The fourth-order valence-corrected chi connectivity index (χ4v) is 1.96. The van der Waals surface area contributed by atoms with Crippen LogP contribution in [0, 0.1) is 0 Å². The Morgan fingerprint density at radius 1 is 1.54 bits per heavy atom. The minimum absolute atomic E-state index is 0.0195. The molecule has 4 heteroatoms. The van der Waals surface area contributed by atoms with Crippen molar-refractivity contribution >= 4 is 5.97 Å². The normalized spacial score (nSPS) is 28.7. The van der Waals surface area contributed by atoms with Gasteiger partial charge < -0.3 is 10.2 Å². The Morgan fingerprint density at radius 2 is 2.15 bits per heavy atom. The van der Waals surface area contributed by atoms with Gasteiger partial charge in [0.15, 0.2) is 0 Å². The van der Waals surface area contributed by atoms with Gasteiger partial charge in [0.05, 0.1) is 6.10 Å². The molecule has 76 valence electrons. The molecule has 1 saturated heterocycles. The summed E-state index contributed by atoms with van der Waals surface area (Å²) in [5.74, 6) is -0.812. The third-order valence-corrected chi connectivity index (χ3v) is 2.75. The number of carboxylic acid groups (broad SMARTS) is 1. The lowest BCUT2D eigenvalue weighted by Crippen LogP contribution is -2.46.